The normalized spacial score (nSPS) is 15.5. The standard InChI is InChI=1S/C31H53N7O4/c1-22(2)19-26(21-39)34-29(40)28(33-6)20-24-12-14-25(15-13-24)35-31(42)36-38(23(3)4)18-8-7-11-27(32-5)30(41)37-16-9-10-17-37/h12-15,21-23,26-28,32-33H,7-11,16-20H2,1-6H3,(H,34,40)(H2,35,36,42)/t26?,27-,28?/m0/s1. The summed E-state index contributed by atoms with van der Waals surface area (Å²) in [6.07, 6.45) is 6.49. The van der Waals surface area contributed by atoms with E-state index in [1.807, 2.05) is 68.9 Å². The Balaban J connectivity index is 1.81. The van der Waals surface area contributed by atoms with Gasteiger partial charge in [0.1, 0.15) is 6.29 Å². The molecule has 5 N–H and O–H groups in total. The van der Waals surface area contributed by atoms with Gasteiger partial charge in [-0.1, -0.05) is 32.4 Å². The van der Waals surface area contributed by atoms with Crippen LogP contribution in [0.2, 0.25) is 0 Å². The van der Waals surface area contributed by atoms with E-state index in [0.717, 1.165) is 57.0 Å². The highest BCUT2D eigenvalue weighted by Gasteiger charge is 2.25. The molecule has 1 aromatic rings. The molecule has 2 rings (SSSR count). The van der Waals surface area contributed by atoms with Gasteiger partial charge in [-0.05, 0) is 90.1 Å². The highest BCUT2D eigenvalue weighted by molar-refractivity contribution is 5.89. The van der Waals surface area contributed by atoms with E-state index in [4.69, 9.17) is 0 Å². The van der Waals surface area contributed by atoms with Gasteiger partial charge in [-0.25, -0.2) is 9.80 Å². The Morgan fingerprint density at radius 3 is 2.14 bits per heavy atom. The number of aldehydes is 1. The molecule has 42 heavy (non-hydrogen) atoms. The molecular formula is C31H53N7O4. The van der Waals surface area contributed by atoms with Crippen molar-refractivity contribution in [3.05, 3.63) is 29.8 Å². The lowest BCUT2D eigenvalue weighted by Crippen LogP contribution is -2.48. The number of unbranched alkanes of at least 4 members (excludes halogenated alkanes) is 1. The van der Waals surface area contributed by atoms with Crippen molar-refractivity contribution in [2.24, 2.45) is 5.92 Å². The Morgan fingerprint density at radius 1 is 0.952 bits per heavy atom. The van der Waals surface area contributed by atoms with Crippen LogP contribution in [0.3, 0.4) is 0 Å². The van der Waals surface area contributed by atoms with E-state index in [1.54, 1.807) is 7.05 Å². The van der Waals surface area contributed by atoms with Gasteiger partial charge in [0.2, 0.25) is 11.8 Å². The summed E-state index contributed by atoms with van der Waals surface area (Å²) in [6, 6.07) is 6.00. The molecule has 2 unspecified atom stereocenters. The third-order valence-electron chi connectivity index (χ3n) is 7.61. The Labute approximate surface area is 251 Å². The van der Waals surface area contributed by atoms with Gasteiger partial charge in [0, 0.05) is 31.4 Å². The highest BCUT2D eigenvalue weighted by atomic mass is 16.2. The number of benzene rings is 1. The number of urea groups is 1. The lowest BCUT2D eigenvalue weighted by molar-refractivity contribution is -0.132. The second-order valence-corrected chi connectivity index (χ2v) is 11.8. The maximum absolute atomic E-state index is 12.7. The lowest BCUT2D eigenvalue weighted by Gasteiger charge is -2.27. The maximum Gasteiger partial charge on any atom is 0.333 e. The van der Waals surface area contributed by atoms with Crippen LogP contribution in [-0.4, -0.2) is 91.9 Å². The van der Waals surface area contributed by atoms with E-state index in [9.17, 15) is 19.2 Å². The quantitative estimate of drug-likeness (QED) is 0.101. The SMILES string of the molecule is CNC(Cc1ccc(NC(=O)NN(CCCC[C@H](NC)C(=O)N2CCCC2)C(C)C)cc1)C(=O)NC(C=O)CC(C)C. The summed E-state index contributed by atoms with van der Waals surface area (Å²) in [5.41, 5.74) is 4.51. The number of hydrogen-bond donors (Lipinski definition) is 5. The fourth-order valence-electron chi connectivity index (χ4n) is 5.14. The predicted octanol–water partition coefficient (Wildman–Crippen LogP) is 2.67. The topological polar surface area (TPSA) is 135 Å². The fraction of sp³-hybridized carbons (Fsp3) is 0.677. The van der Waals surface area contributed by atoms with E-state index in [0.29, 0.717) is 31.0 Å². The number of likely N-dealkylation sites (N-methyl/N-ethyl adjacent to an activating group) is 2. The minimum atomic E-state index is -0.502. The molecule has 0 aromatic heterocycles. The minimum absolute atomic E-state index is 0.105. The maximum atomic E-state index is 12.7. The number of likely N-dealkylation sites (tertiary alicyclic amines) is 1. The van der Waals surface area contributed by atoms with Gasteiger partial charge in [-0.2, -0.15) is 0 Å². The van der Waals surface area contributed by atoms with Crippen LogP contribution in [0, 0.1) is 5.92 Å². The molecule has 1 aliphatic heterocycles. The second-order valence-electron chi connectivity index (χ2n) is 11.8. The number of rotatable bonds is 18. The second kappa shape index (κ2) is 18.5. The van der Waals surface area contributed by atoms with Crippen LogP contribution in [0.5, 0.6) is 0 Å². The zero-order chi connectivity index (χ0) is 31.1. The van der Waals surface area contributed by atoms with Crippen LogP contribution in [0.1, 0.15) is 71.8 Å². The van der Waals surface area contributed by atoms with E-state index < -0.39 is 12.1 Å². The summed E-state index contributed by atoms with van der Waals surface area (Å²) < 4.78 is 0. The number of nitrogens with zero attached hydrogens (tertiary/aromatic N) is 2. The minimum Gasteiger partial charge on any atom is -0.345 e. The fourth-order valence-corrected chi connectivity index (χ4v) is 5.14. The molecule has 11 nitrogen and oxygen atoms in total. The summed E-state index contributed by atoms with van der Waals surface area (Å²) in [5, 5.41) is 13.8. The number of hydrogen-bond acceptors (Lipinski definition) is 7. The molecular weight excluding hydrogens is 534 g/mol. The highest BCUT2D eigenvalue weighted by Crippen LogP contribution is 2.14. The van der Waals surface area contributed by atoms with Crippen molar-refractivity contribution < 1.29 is 19.2 Å². The van der Waals surface area contributed by atoms with Gasteiger partial charge >= 0.3 is 6.03 Å². The monoisotopic (exact) mass is 587 g/mol. The van der Waals surface area contributed by atoms with Crippen molar-refractivity contribution in [1.82, 2.24) is 31.3 Å². The Kier molecular flexibility index (Phi) is 15.5. The average Bonchev–Trinajstić information content (AvgIpc) is 3.50. The van der Waals surface area contributed by atoms with Crippen molar-refractivity contribution in [2.45, 2.75) is 96.8 Å². The molecule has 1 fully saturated rings. The third-order valence-corrected chi connectivity index (χ3v) is 7.61. The first-order valence-electron chi connectivity index (χ1n) is 15.4. The van der Waals surface area contributed by atoms with E-state index in [-0.39, 0.29) is 29.9 Å². The van der Waals surface area contributed by atoms with Gasteiger partial charge in [0.05, 0.1) is 18.1 Å². The van der Waals surface area contributed by atoms with Crippen molar-refractivity contribution in [1.29, 1.82) is 0 Å². The first-order valence-corrected chi connectivity index (χ1v) is 15.4. The molecule has 0 radical (unpaired) electrons. The molecule has 4 amide bonds. The third kappa shape index (κ3) is 12.1. The molecule has 1 saturated heterocycles. The molecule has 1 aromatic carbocycles. The van der Waals surface area contributed by atoms with E-state index >= 15 is 0 Å². The largest absolute Gasteiger partial charge is 0.345 e. The molecule has 11 heteroatoms. The van der Waals surface area contributed by atoms with Crippen LogP contribution >= 0.6 is 0 Å². The Morgan fingerprint density at radius 2 is 1.60 bits per heavy atom. The van der Waals surface area contributed by atoms with Crippen LogP contribution in [0.15, 0.2) is 24.3 Å². The summed E-state index contributed by atoms with van der Waals surface area (Å²) in [7, 11) is 3.56. The number of carbonyl (C=O) groups excluding carboxylic acids is 4. The Bertz CT molecular complexity index is 980. The molecule has 1 heterocycles. The number of amides is 4. The molecule has 0 bridgehead atoms. The van der Waals surface area contributed by atoms with Gasteiger partial charge in [0.25, 0.3) is 0 Å². The van der Waals surface area contributed by atoms with E-state index in [1.165, 1.54) is 0 Å². The molecule has 236 valence electrons. The number of carbonyl (C=O) groups is 4. The summed E-state index contributed by atoms with van der Waals surface area (Å²) in [5.74, 6) is 0.272. The first-order chi connectivity index (χ1) is 20.1. The van der Waals surface area contributed by atoms with Crippen molar-refractivity contribution >= 4 is 29.8 Å². The van der Waals surface area contributed by atoms with Gasteiger partial charge < -0.3 is 31.0 Å². The summed E-state index contributed by atoms with van der Waals surface area (Å²) in [4.78, 5) is 51.4. The van der Waals surface area contributed by atoms with Crippen LogP contribution < -0.4 is 26.7 Å². The van der Waals surface area contributed by atoms with Crippen molar-refractivity contribution in [3.8, 4) is 0 Å². The van der Waals surface area contributed by atoms with Gasteiger partial charge in [-0.15, -0.1) is 0 Å². The van der Waals surface area contributed by atoms with Gasteiger partial charge in [0.15, 0.2) is 0 Å². The van der Waals surface area contributed by atoms with E-state index in [2.05, 4.69) is 26.7 Å². The molecule has 0 spiro atoms. The number of anilines is 1. The molecule has 1 aliphatic rings. The van der Waals surface area contributed by atoms with Gasteiger partial charge in [-0.3, -0.25) is 15.0 Å². The average molecular weight is 588 g/mol. The zero-order valence-electron chi connectivity index (χ0n) is 26.4. The number of hydrazine groups is 1. The van der Waals surface area contributed by atoms with Crippen LogP contribution in [0.25, 0.3) is 0 Å². The number of nitrogens with one attached hydrogen (secondary N) is 5. The van der Waals surface area contributed by atoms with Crippen molar-refractivity contribution in [2.75, 3.05) is 39.0 Å². The van der Waals surface area contributed by atoms with Crippen LogP contribution in [0.4, 0.5) is 10.5 Å². The Hall–Kier alpha value is -3.02. The molecule has 0 saturated carbocycles. The molecule has 3 atom stereocenters. The zero-order valence-corrected chi connectivity index (χ0v) is 26.4. The smallest absolute Gasteiger partial charge is 0.333 e. The van der Waals surface area contributed by atoms with Crippen LogP contribution in [-0.2, 0) is 20.8 Å². The summed E-state index contributed by atoms with van der Waals surface area (Å²) >= 11 is 0. The molecule has 0 aliphatic carbocycles. The predicted molar refractivity (Wildman–Crippen MR) is 167 cm³/mol. The summed E-state index contributed by atoms with van der Waals surface area (Å²) in [6.45, 7) is 10.5. The van der Waals surface area contributed by atoms with Crippen molar-refractivity contribution in [3.63, 3.8) is 0 Å². The first kappa shape index (κ1) is 35.2. The lowest BCUT2D eigenvalue weighted by atomic mass is 10.0.